The Morgan fingerprint density at radius 2 is 1.65 bits per heavy atom. The molecular weight excluding hydrogens is 282 g/mol. The zero-order valence-corrected chi connectivity index (χ0v) is 14.9. The van der Waals surface area contributed by atoms with Gasteiger partial charge in [0.25, 0.3) is 0 Å². The van der Waals surface area contributed by atoms with Crippen LogP contribution < -0.4 is 0 Å². The summed E-state index contributed by atoms with van der Waals surface area (Å²) in [4.78, 5) is 2.40. The van der Waals surface area contributed by atoms with Crippen molar-refractivity contribution in [2.24, 2.45) is 5.41 Å². The fourth-order valence-electron chi connectivity index (χ4n) is 3.41. The largest absolute Gasteiger partial charge is 0.373 e. The van der Waals surface area contributed by atoms with Gasteiger partial charge in [-0.3, -0.25) is 4.90 Å². The van der Waals surface area contributed by atoms with Crippen LogP contribution in [0.5, 0.6) is 0 Å². The van der Waals surface area contributed by atoms with Crippen molar-refractivity contribution in [2.45, 2.75) is 58.5 Å². The molecule has 0 bridgehead atoms. The van der Waals surface area contributed by atoms with E-state index < -0.39 is 5.60 Å². The predicted molar refractivity (Wildman–Crippen MR) is 97.1 cm³/mol. The Morgan fingerprint density at radius 3 is 2.22 bits per heavy atom. The molecule has 1 heterocycles. The van der Waals surface area contributed by atoms with Crippen LogP contribution in [0, 0.1) is 17.3 Å². The maximum Gasteiger partial charge on any atom is 0.156 e. The number of hydrogen-bond acceptors (Lipinski definition) is 2. The highest BCUT2D eigenvalue weighted by Gasteiger charge is 2.44. The van der Waals surface area contributed by atoms with E-state index in [0.717, 1.165) is 38.0 Å². The van der Waals surface area contributed by atoms with Gasteiger partial charge in [0.2, 0.25) is 0 Å². The van der Waals surface area contributed by atoms with Crippen molar-refractivity contribution in [3.05, 3.63) is 35.9 Å². The summed E-state index contributed by atoms with van der Waals surface area (Å²) in [5, 5.41) is 11.5. The van der Waals surface area contributed by atoms with E-state index in [-0.39, 0.29) is 5.41 Å². The second-order valence-corrected chi connectivity index (χ2v) is 6.98. The molecule has 0 aromatic heterocycles. The summed E-state index contributed by atoms with van der Waals surface area (Å²) in [5.74, 6) is 6.56. The van der Waals surface area contributed by atoms with Gasteiger partial charge in [0.15, 0.2) is 5.60 Å². The number of aliphatic hydroxyl groups is 1. The first kappa shape index (κ1) is 18.0. The zero-order chi connectivity index (χ0) is 16.8. The van der Waals surface area contributed by atoms with Crippen molar-refractivity contribution >= 4 is 0 Å². The molecule has 0 unspecified atom stereocenters. The van der Waals surface area contributed by atoms with Crippen LogP contribution in [0.3, 0.4) is 0 Å². The maximum absolute atomic E-state index is 11.5. The second-order valence-electron chi connectivity index (χ2n) is 6.98. The van der Waals surface area contributed by atoms with E-state index in [1.807, 2.05) is 30.3 Å². The molecule has 1 saturated heterocycles. The summed E-state index contributed by atoms with van der Waals surface area (Å²) < 4.78 is 0. The molecule has 2 nitrogen and oxygen atoms in total. The topological polar surface area (TPSA) is 23.5 Å². The summed E-state index contributed by atoms with van der Waals surface area (Å²) in [5.41, 5.74) is -0.422. The third kappa shape index (κ3) is 3.97. The van der Waals surface area contributed by atoms with E-state index in [1.165, 1.54) is 19.3 Å². The molecule has 1 N–H and O–H groups in total. The van der Waals surface area contributed by atoms with Gasteiger partial charge in [0.05, 0.1) is 6.54 Å². The van der Waals surface area contributed by atoms with Gasteiger partial charge >= 0.3 is 0 Å². The van der Waals surface area contributed by atoms with E-state index >= 15 is 0 Å². The number of likely N-dealkylation sites (tertiary alicyclic amines) is 1. The molecule has 0 amide bonds. The summed E-state index contributed by atoms with van der Waals surface area (Å²) in [6, 6.07) is 9.95. The molecule has 23 heavy (non-hydrogen) atoms. The Kier molecular flexibility index (Phi) is 6.27. The molecule has 0 spiro atoms. The van der Waals surface area contributed by atoms with Gasteiger partial charge in [-0.1, -0.05) is 69.4 Å². The highest BCUT2D eigenvalue weighted by Crippen LogP contribution is 2.44. The quantitative estimate of drug-likeness (QED) is 0.824. The average Bonchev–Trinajstić information content (AvgIpc) is 2.62. The summed E-state index contributed by atoms with van der Waals surface area (Å²) in [6.07, 6.45) is 5.67. The second kappa shape index (κ2) is 7.99. The molecule has 1 aliphatic rings. The Labute approximate surface area is 141 Å². The molecule has 0 radical (unpaired) electrons. The van der Waals surface area contributed by atoms with Gasteiger partial charge in [0.1, 0.15) is 0 Å². The summed E-state index contributed by atoms with van der Waals surface area (Å²) >= 11 is 0. The summed E-state index contributed by atoms with van der Waals surface area (Å²) in [6.45, 7) is 9.47. The average molecular weight is 313 g/mol. The smallest absolute Gasteiger partial charge is 0.156 e. The molecule has 1 aromatic carbocycles. The highest BCUT2D eigenvalue weighted by atomic mass is 16.3. The molecule has 1 aliphatic heterocycles. The number of rotatable bonds is 5. The lowest BCUT2D eigenvalue weighted by Gasteiger charge is -2.41. The molecular formula is C21H31NO. The maximum atomic E-state index is 11.5. The van der Waals surface area contributed by atoms with Crippen LogP contribution in [0.25, 0.3) is 0 Å². The van der Waals surface area contributed by atoms with Crippen molar-refractivity contribution in [3.8, 4) is 11.8 Å². The summed E-state index contributed by atoms with van der Waals surface area (Å²) in [7, 11) is 0. The van der Waals surface area contributed by atoms with Crippen LogP contribution >= 0.6 is 0 Å². The van der Waals surface area contributed by atoms with E-state index in [2.05, 4.69) is 37.5 Å². The Hall–Kier alpha value is -1.30. The van der Waals surface area contributed by atoms with Crippen molar-refractivity contribution in [1.82, 2.24) is 4.90 Å². The van der Waals surface area contributed by atoms with Crippen molar-refractivity contribution in [1.29, 1.82) is 0 Å². The Morgan fingerprint density at radius 1 is 1.04 bits per heavy atom. The minimum absolute atomic E-state index is 0.247. The van der Waals surface area contributed by atoms with Crippen LogP contribution in [0.4, 0.5) is 0 Å². The van der Waals surface area contributed by atoms with E-state index in [0.29, 0.717) is 0 Å². The van der Waals surface area contributed by atoms with Gasteiger partial charge in [-0.05, 0) is 44.3 Å². The first-order chi connectivity index (χ1) is 11.1. The lowest BCUT2D eigenvalue weighted by molar-refractivity contribution is -0.0369. The van der Waals surface area contributed by atoms with Gasteiger partial charge in [-0.2, -0.15) is 0 Å². The lowest BCUT2D eigenvalue weighted by Crippen LogP contribution is -2.42. The molecule has 2 heteroatoms. The fourth-order valence-corrected chi connectivity index (χ4v) is 3.41. The number of hydrogen-bond donors (Lipinski definition) is 1. The van der Waals surface area contributed by atoms with Crippen molar-refractivity contribution in [2.75, 3.05) is 19.6 Å². The Bertz CT molecular complexity index is 532. The van der Waals surface area contributed by atoms with Gasteiger partial charge in [-0.25, -0.2) is 0 Å². The number of piperidine rings is 1. The fraction of sp³-hybridized carbons (Fsp3) is 0.619. The Balaban J connectivity index is 2.27. The van der Waals surface area contributed by atoms with Crippen LogP contribution in [0.15, 0.2) is 30.3 Å². The zero-order valence-electron chi connectivity index (χ0n) is 14.9. The first-order valence-corrected chi connectivity index (χ1v) is 9.06. The molecule has 1 aromatic rings. The normalized spacial score (nSPS) is 18.8. The third-order valence-corrected chi connectivity index (χ3v) is 5.65. The van der Waals surface area contributed by atoms with Gasteiger partial charge in [-0.15, -0.1) is 0 Å². The first-order valence-electron chi connectivity index (χ1n) is 9.06. The molecule has 1 atom stereocenters. The monoisotopic (exact) mass is 313 g/mol. The number of nitrogens with zero attached hydrogens (tertiary/aromatic N) is 1. The van der Waals surface area contributed by atoms with Gasteiger partial charge in [0, 0.05) is 5.41 Å². The third-order valence-electron chi connectivity index (χ3n) is 5.65. The SMILES string of the molecule is CCC(C)(CC)[C@](O)(C#CCN1CCCCC1)c1ccccc1. The van der Waals surface area contributed by atoms with Crippen molar-refractivity contribution < 1.29 is 5.11 Å². The molecule has 0 saturated carbocycles. The van der Waals surface area contributed by atoms with Crippen molar-refractivity contribution in [3.63, 3.8) is 0 Å². The molecule has 126 valence electrons. The highest BCUT2D eigenvalue weighted by molar-refractivity contribution is 5.35. The van der Waals surface area contributed by atoms with Gasteiger partial charge < -0.3 is 5.11 Å². The lowest BCUT2D eigenvalue weighted by atomic mass is 9.66. The molecule has 2 rings (SSSR count). The van der Waals surface area contributed by atoms with Crippen LogP contribution in [0.2, 0.25) is 0 Å². The van der Waals surface area contributed by atoms with E-state index in [4.69, 9.17) is 0 Å². The predicted octanol–water partition coefficient (Wildman–Crippen LogP) is 4.19. The standard InChI is InChI=1S/C21H31NO/c1-4-20(3,5-2)21(23,19-13-8-6-9-14-19)15-12-18-22-16-10-7-11-17-22/h6,8-9,13-14,23H,4-5,7,10-11,16-18H2,1-3H3/t21-/m0/s1. The minimum atomic E-state index is -1.09. The van der Waals surface area contributed by atoms with E-state index in [9.17, 15) is 5.11 Å². The van der Waals surface area contributed by atoms with Crippen LogP contribution in [-0.4, -0.2) is 29.6 Å². The molecule has 0 aliphatic carbocycles. The van der Waals surface area contributed by atoms with E-state index in [1.54, 1.807) is 0 Å². The van der Waals surface area contributed by atoms with Crippen LogP contribution in [-0.2, 0) is 5.60 Å². The van der Waals surface area contributed by atoms with Crippen LogP contribution in [0.1, 0.15) is 58.4 Å². The molecule has 1 fully saturated rings. The number of benzene rings is 1. The minimum Gasteiger partial charge on any atom is -0.373 e.